The van der Waals surface area contributed by atoms with Crippen molar-refractivity contribution in [1.29, 1.82) is 0 Å². The Bertz CT molecular complexity index is 801. The lowest BCUT2D eigenvalue weighted by Crippen LogP contribution is -2.28. The maximum absolute atomic E-state index is 12.5. The molecular weight excluding hydrogens is 304 g/mol. The van der Waals surface area contributed by atoms with Gasteiger partial charge in [0.15, 0.2) is 5.78 Å². The number of ether oxygens (including phenoxy) is 1. The molecule has 0 radical (unpaired) electrons. The third kappa shape index (κ3) is 2.86. The van der Waals surface area contributed by atoms with Gasteiger partial charge < -0.3 is 4.74 Å². The highest BCUT2D eigenvalue weighted by Gasteiger charge is 2.35. The summed E-state index contributed by atoms with van der Waals surface area (Å²) in [5.74, 6) is -0.174. The van der Waals surface area contributed by atoms with E-state index in [9.17, 15) is 9.59 Å². The van der Waals surface area contributed by atoms with Crippen LogP contribution in [0.5, 0.6) is 0 Å². The Morgan fingerprint density at radius 3 is 2.54 bits per heavy atom. The lowest BCUT2D eigenvalue weighted by molar-refractivity contribution is 0.0526. The van der Waals surface area contributed by atoms with E-state index in [2.05, 4.69) is 18.9 Å². The summed E-state index contributed by atoms with van der Waals surface area (Å²) in [6.07, 6.45) is 1.35. The number of carbonyl (C=O) groups is 2. The second-order valence-corrected chi connectivity index (χ2v) is 7.03. The third-order valence-corrected chi connectivity index (χ3v) is 4.34. The minimum Gasteiger partial charge on any atom is -0.462 e. The van der Waals surface area contributed by atoms with Gasteiger partial charge in [-0.25, -0.2) is 9.48 Å². The van der Waals surface area contributed by atoms with Gasteiger partial charge in [-0.15, -0.1) is 0 Å². The van der Waals surface area contributed by atoms with Crippen LogP contribution in [-0.2, 0) is 11.2 Å². The fourth-order valence-electron chi connectivity index (χ4n) is 3.31. The van der Waals surface area contributed by atoms with Crippen molar-refractivity contribution in [2.75, 3.05) is 6.61 Å². The van der Waals surface area contributed by atoms with Crippen LogP contribution < -0.4 is 0 Å². The molecule has 0 aliphatic heterocycles. The summed E-state index contributed by atoms with van der Waals surface area (Å²) in [5, 5.41) is 4.57. The fourth-order valence-corrected chi connectivity index (χ4v) is 3.31. The molecule has 0 saturated heterocycles. The molecule has 0 fully saturated rings. The van der Waals surface area contributed by atoms with Crippen LogP contribution in [0.15, 0.2) is 24.3 Å². The first-order valence-electron chi connectivity index (χ1n) is 8.21. The summed E-state index contributed by atoms with van der Waals surface area (Å²) in [6.45, 7) is 8.21. The van der Waals surface area contributed by atoms with E-state index < -0.39 is 0 Å². The number of nitrogens with zero attached hydrogens (tertiary/aromatic N) is 2. The van der Waals surface area contributed by atoms with Crippen molar-refractivity contribution < 1.29 is 14.3 Å². The molecular formula is C19H22N2O3. The van der Waals surface area contributed by atoms with Crippen LogP contribution in [0.2, 0.25) is 0 Å². The lowest BCUT2D eigenvalue weighted by atomic mass is 9.75. The average Bonchev–Trinajstić information content (AvgIpc) is 2.83. The van der Waals surface area contributed by atoms with Gasteiger partial charge in [0.05, 0.1) is 34.8 Å². The van der Waals surface area contributed by atoms with Gasteiger partial charge in [0.1, 0.15) is 0 Å². The Kier molecular flexibility index (Phi) is 4.03. The zero-order valence-electron chi connectivity index (χ0n) is 14.5. The quantitative estimate of drug-likeness (QED) is 0.810. The minimum absolute atomic E-state index is 0.0703. The number of rotatable bonds is 3. The number of benzene rings is 1. The molecule has 0 atom stereocenters. The normalized spacial score (nSPS) is 15.9. The van der Waals surface area contributed by atoms with Crippen LogP contribution in [0.3, 0.4) is 0 Å². The number of hydrogen-bond acceptors (Lipinski definition) is 4. The van der Waals surface area contributed by atoms with Crippen molar-refractivity contribution in [1.82, 2.24) is 9.78 Å². The number of Topliss-reactive ketones (excluding diaryl/α,β-unsaturated/α-hetero) is 1. The van der Waals surface area contributed by atoms with E-state index in [-0.39, 0.29) is 17.2 Å². The minimum atomic E-state index is -0.334. The number of aromatic nitrogens is 2. The van der Waals surface area contributed by atoms with Crippen molar-refractivity contribution in [2.45, 2.75) is 40.5 Å². The molecule has 24 heavy (non-hydrogen) atoms. The molecule has 2 aromatic rings. The first-order chi connectivity index (χ1) is 11.3. The summed E-state index contributed by atoms with van der Waals surface area (Å²) >= 11 is 0. The van der Waals surface area contributed by atoms with Crippen molar-refractivity contribution in [3.63, 3.8) is 0 Å². The molecule has 0 spiro atoms. The molecule has 0 bridgehead atoms. The van der Waals surface area contributed by atoms with Crippen molar-refractivity contribution in [3.05, 3.63) is 46.8 Å². The van der Waals surface area contributed by atoms with Crippen LogP contribution in [0.25, 0.3) is 5.69 Å². The zero-order valence-corrected chi connectivity index (χ0v) is 14.5. The van der Waals surface area contributed by atoms with E-state index in [1.165, 1.54) is 0 Å². The van der Waals surface area contributed by atoms with E-state index >= 15 is 0 Å². The zero-order chi connectivity index (χ0) is 17.5. The van der Waals surface area contributed by atoms with E-state index in [4.69, 9.17) is 4.74 Å². The van der Waals surface area contributed by atoms with Gasteiger partial charge in [-0.2, -0.15) is 5.10 Å². The molecule has 5 heteroatoms. The predicted octanol–water partition coefficient (Wildman–Crippen LogP) is 3.51. The Morgan fingerprint density at radius 1 is 1.25 bits per heavy atom. The van der Waals surface area contributed by atoms with Gasteiger partial charge in [-0.1, -0.05) is 13.8 Å². The standard InChI is InChI=1S/C19H22N2O3/c1-5-24-18(23)13-6-8-14(9-7-13)21-15-10-19(3,4)11-16(22)17(15)12(2)20-21/h6-9H,5,10-11H2,1-4H3. The van der Waals surface area contributed by atoms with Crippen LogP contribution >= 0.6 is 0 Å². The first kappa shape index (κ1) is 16.4. The predicted molar refractivity (Wildman–Crippen MR) is 90.7 cm³/mol. The van der Waals surface area contributed by atoms with Gasteiger partial charge in [-0.05, 0) is 49.9 Å². The number of ketones is 1. The van der Waals surface area contributed by atoms with Crippen molar-refractivity contribution in [3.8, 4) is 5.69 Å². The van der Waals surface area contributed by atoms with Gasteiger partial charge in [-0.3, -0.25) is 4.79 Å². The molecule has 0 unspecified atom stereocenters. The fraction of sp³-hybridized carbons (Fsp3) is 0.421. The van der Waals surface area contributed by atoms with E-state index in [0.29, 0.717) is 18.6 Å². The number of esters is 1. The molecule has 1 aromatic carbocycles. The summed E-state index contributed by atoms with van der Waals surface area (Å²) in [6, 6.07) is 7.13. The first-order valence-corrected chi connectivity index (χ1v) is 8.21. The van der Waals surface area contributed by atoms with E-state index in [0.717, 1.165) is 29.1 Å². The van der Waals surface area contributed by atoms with Crippen LogP contribution in [0, 0.1) is 12.3 Å². The topological polar surface area (TPSA) is 61.2 Å². The number of hydrogen-bond donors (Lipinski definition) is 0. The molecule has 126 valence electrons. The molecule has 0 saturated carbocycles. The van der Waals surface area contributed by atoms with Gasteiger partial charge in [0.2, 0.25) is 0 Å². The van der Waals surface area contributed by atoms with Crippen molar-refractivity contribution >= 4 is 11.8 Å². The molecule has 1 aliphatic carbocycles. The highest BCUT2D eigenvalue weighted by molar-refractivity contribution is 5.99. The van der Waals surface area contributed by atoms with Crippen LogP contribution in [-0.4, -0.2) is 28.1 Å². The van der Waals surface area contributed by atoms with Gasteiger partial charge in [0, 0.05) is 6.42 Å². The molecule has 0 N–H and O–H groups in total. The molecule has 5 nitrogen and oxygen atoms in total. The maximum Gasteiger partial charge on any atom is 0.338 e. The van der Waals surface area contributed by atoms with Crippen molar-refractivity contribution in [2.24, 2.45) is 5.41 Å². The highest BCUT2D eigenvalue weighted by atomic mass is 16.5. The monoisotopic (exact) mass is 326 g/mol. The Morgan fingerprint density at radius 2 is 1.92 bits per heavy atom. The van der Waals surface area contributed by atoms with E-state index in [1.807, 2.05) is 23.7 Å². The SMILES string of the molecule is CCOC(=O)c1ccc(-n2nc(C)c3c2CC(C)(C)CC3=O)cc1. The highest BCUT2D eigenvalue weighted by Crippen LogP contribution is 2.36. The Labute approximate surface area is 141 Å². The number of aryl methyl sites for hydroxylation is 1. The molecule has 1 heterocycles. The van der Waals surface area contributed by atoms with Gasteiger partial charge >= 0.3 is 5.97 Å². The summed E-state index contributed by atoms with van der Waals surface area (Å²) in [5.41, 5.74) is 3.76. The van der Waals surface area contributed by atoms with Crippen LogP contribution in [0.1, 0.15) is 59.3 Å². The van der Waals surface area contributed by atoms with Gasteiger partial charge in [0.25, 0.3) is 0 Å². The molecule has 3 rings (SSSR count). The molecule has 1 aliphatic rings. The largest absolute Gasteiger partial charge is 0.462 e. The smallest absolute Gasteiger partial charge is 0.338 e. The Balaban J connectivity index is 2.01. The van der Waals surface area contributed by atoms with Crippen LogP contribution in [0.4, 0.5) is 0 Å². The average molecular weight is 326 g/mol. The molecule has 0 amide bonds. The third-order valence-electron chi connectivity index (χ3n) is 4.34. The Hall–Kier alpha value is -2.43. The summed E-state index contributed by atoms with van der Waals surface area (Å²) < 4.78 is 6.84. The van der Waals surface area contributed by atoms with E-state index in [1.54, 1.807) is 19.1 Å². The summed E-state index contributed by atoms with van der Waals surface area (Å²) in [7, 11) is 0. The number of fused-ring (bicyclic) bond motifs is 1. The second kappa shape index (κ2) is 5.89. The second-order valence-electron chi connectivity index (χ2n) is 7.03. The maximum atomic E-state index is 12.5. The molecule has 1 aromatic heterocycles. The lowest BCUT2D eigenvalue weighted by Gasteiger charge is -2.29. The summed E-state index contributed by atoms with van der Waals surface area (Å²) in [4.78, 5) is 24.2. The number of carbonyl (C=O) groups excluding carboxylic acids is 2.